The van der Waals surface area contributed by atoms with Gasteiger partial charge in [0.2, 0.25) is 0 Å². The number of carbonyl (C=O) groups is 1. The number of halogens is 2. The van der Waals surface area contributed by atoms with Gasteiger partial charge < -0.3 is 14.9 Å². The zero-order valence-electron chi connectivity index (χ0n) is 13.9. The molecule has 1 unspecified atom stereocenters. The lowest BCUT2D eigenvalue weighted by Crippen LogP contribution is -2.24. The van der Waals surface area contributed by atoms with Crippen LogP contribution in [0.15, 0.2) is 53.1 Å². The monoisotopic (exact) mass is 358 g/mol. The highest BCUT2D eigenvalue weighted by atomic mass is 19.1. The summed E-state index contributed by atoms with van der Waals surface area (Å²) >= 11 is 0. The molecule has 5 nitrogen and oxygen atoms in total. The van der Waals surface area contributed by atoms with Crippen molar-refractivity contribution in [2.45, 2.75) is 19.6 Å². The molecule has 3 aromatic rings. The van der Waals surface area contributed by atoms with Crippen LogP contribution in [0.4, 0.5) is 8.78 Å². The number of hydrogen-bond acceptors (Lipinski definition) is 4. The van der Waals surface area contributed by atoms with Gasteiger partial charge in [0.1, 0.15) is 29.0 Å². The van der Waals surface area contributed by atoms with Crippen molar-refractivity contribution in [2.75, 3.05) is 0 Å². The van der Waals surface area contributed by atoms with Crippen molar-refractivity contribution in [3.8, 4) is 11.3 Å². The van der Waals surface area contributed by atoms with Crippen LogP contribution in [-0.4, -0.2) is 16.2 Å². The second-order valence-electron chi connectivity index (χ2n) is 5.77. The van der Waals surface area contributed by atoms with E-state index in [4.69, 9.17) is 4.52 Å². The topological polar surface area (TPSA) is 75.4 Å². The van der Waals surface area contributed by atoms with Gasteiger partial charge in [-0.15, -0.1) is 0 Å². The summed E-state index contributed by atoms with van der Waals surface area (Å²) in [6, 6.07) is 11.9. The van der Waals surface area contributed by atoms with Crippen molar-refractivity contribution >= 4 is 5.91 Å². The van der Waals surface area contributed by atoms with Gasteiger partial charge in [0, 0.05) is 18.2 Å². The quantitative estimate of drug-likeness (QED) is 0.731. The Labute approximate surface area is 148 Å². The number of carbonyl (C=O) groups excluding carboxylic acids is 1. The molecule has 2 N–H and O–H groups in total. The van der Waals surface area contributed by atoms with E-state index < -0.39 is 23.6 Å². The Morgan fingerprint density at radius 1 is 1.19 bits per heavy atom. The van der Waals surface area contributed by atoms with E-state index in [0.717, 1.165) is 18.2 Å². The summed E-state index contributed by atoms with van der Waals surface area (Å²) in [6.45, 7) is 1.36. The third kappa shape index (κ3) is 3.78. The molecule has 0 saturated heterocycles. The van der Waals surface area contributed by atoms with Crippen LogP contribution in [0.25, 0.3) is 11.3 Å². The van der Waals surface area contributed by atoms with E-state index in [-0.39, 0.29) is 29.1 Å². The standard InChI is InChI=1S/C19H16F2N2O3/c1-11(24)18-16(17(23-26-18)13-5-3-2-4-6-13)19(25)22-10-12-7-14(20)9-15(21)8-12/h2-9,11,24H,10H2,1H3,(H,22,25). The first-order chi connectivity index (χ1) is 12.5. The predicted octanol–water partition coefficient (Wildman–Crippen LogP) is 3.60. The zero-order valence-corrected chi connectivity index (χ0v) is 13.9. The van der Waals surface area contributed by atoms with Crippen LogP contribution in [0.5, 0.6) is 0 Å². The molecule has 0 spiro atoms. The van der Waals surface area contributed by atoms with E-state index in [1.54, 1.807) is 24.3 Å². The molecule has 0 radical (unpaired) electrons. The van der Waals surface area contributed by atoms with E-state index in [9.17, 15) is 18.7 Å². The van der Waals surface area contributed by atoms with Gasteiger partial charge in [-0.25, -0.2) is 8.78 Å². The number of aliphatic hydroxyl groups is 1. The Hall–Kier alpha value is -3.06. The van der Waals surface area contributed by atoms with E-state index >= 15 is 0 Å². The van der Waals surface area contributed by atoms with Gasteiger partial charge in [0.25, 0.3) is 5.91 Å². The first-order valence-corrected chi connectivity index (χ1v) is 7.92. The molecule has 134 valence electrons. The van der Waals surface area contributed by atoms with E-state index in [1.807, 2.05) is 6.07 Å². The number of nitrogens with one attached hydrogen (secondary N) is 1. The summed E-state index contributed by atoms with van der Waals surface area (Å²) in [5.74, 6) is -2.00. The molecule has 2 aromatic carbocycles. The van der Waals surface area contributed by atoms with Crippen molar-refractivity contribution in [1.82, 2.24) is 10.5 Å². The molecule has 0 fully saturated rings. The first kappa shape index (κ1) is 17.8. The number of aliphatic hydroxyl groups excluding tert-OH is 1. The molecular formula is C19H16F2N2O3. The van der Waals surface area contributed by atoms with Crippen molar-refractivity contribution < 1.29 is 23.2 Å². The molecule has 7 heteroatoms. The molecule has 0 aliphatic carbocycles. The number of amides is 1. The highest BCUT2D eigenvalue weighted by molar-refractivity contribution is 6.00. The smallest absolute Gasteiger partial charge is 0.257 e. The lowest BCUT2D eigenvalue weighted by Gasteiger charge is -2.08. The highest BCUT2D eigenvalue weighted by Crippen LogP contribution is 2.29. The predicted molar refractivity (Wildman–Crippen MR) is 90.1 cm³/mol. The van der Waals surface area contributed by atoms with Gasteiger partial charge in [0.05, 0.1) is 0 Å². The second kappa shape index (κ2) is 7.45. The highest BCUT2D eigenvalue weighted by Gasteiger charge is 2.26. The third-order valence-corrected chi connectivity index (χ3v) is 3.75. The minimum atomic E-state index is -1.05. The molecule has 0 aliphatic heterocycles. The number of benzene rings is 2. The fourth-order valence-corrected chi connectivity index (χ4v) is 2.58. The SMILES string of the molecule is CC(O)c1onc(-c2ccccc2)c1C(=O)NCc1cc(F)cc(F)c1. The molecule has 0 saturated carbocycles. The number of aromatic nitrogens is 1. The van der Waals surface area contributed by atoms with E-state index in [0.29, 0.717) is 5.56 Å². The minimum absolute atomic E-state index is 0.0202. The van der Waals surface area contributed by atoms with Crippen molar-refractivity contribution in [3.63, 3.8) is 0 Å². The molecule has 3 rings (SSSR count). The van der Waals surface area contributed by atoms with E-state index in [1.165, 1.54) is 6.92 Å². The Morgan fingerprint density at radius 3 is 2.46 bits per heavy atom. The van der Waals surface area contributed by atoms with Crippen LogP contribution in [0.3, 0.4) is 0 Å². The van der Waals surface area contributed by atoms with E-state index in [2.05, 4.69) is 10.5 Å². The number of hydrogen-bond donors (Lipinski definition) is 2. The maximum absolute atomic E-state index is 13.3. The number of nitrogens with zero attached hydrogens (tertiary/aromatic N) is 1. The fourth-order valence-electron chi connectivity index (χ4n) is 2.58. The molecule has 0 bridgehead atoms. The Kier molecular flexibility index (Phi) is 5.09. The Morgan fingerprint density at radius 2 is 1.85 bits per heavy atom. The van der Waals surface area contributed by atoms with Crippen molar-refractivity contribution in [3.05, 3.63) is 77.1 Å². The lowest BCUT2D eigenvalue weighted by atomic mass is 10.0. The summed E-state index contributed by atoms with van der Waals surface area (Å²) in [6.07, 6.45) is -1.05. The first-order valence-electron chi connectivity index (χ1n) is 7.92. The Balaban J connectivity index is 1.89. The summed E-state index contributed by atoms with van der Waals surface area (Å²) < 4.78 is 31.7. The number of rotatable bonds is 5. The van der Waals surface area contributed by atoms with Crippen LogP contribution >= 0.6 is 0 Å². The Bertz CT molecular complexity index is 904. The molecule has 1 heterocycles. The van der Waals surface area contributed by atoms with Crippen LogP contribution in [0.2, 0.25) is 0 Å². The molecule has 26 heavy (non-hydrogen) atoms. The zero-order chi connectivity index (χ0) is 18.7. The normalized spacial score (nSPS) is 12.0. The van der Waals surface area contributed by atoms with Crippen molar-refractivity contribution in [1.29, 1.82) is 0 Å². The molecule has 1 aromatic heterocycles. The lowest BCUT2D eigenvalue weighted by molar-refractivity contribution is 0.0938. The van der Waals surface area contributed by atoms with Gasteiger partial charge >= 0.3 is 0 Å². The molecular weight excluding hydrogens is 342 g/mol. The maximum Gasteiger partial charge on any atom is 0.257 e. The summed E-state index contributed by atoms with van der Waals surface area (Å²) in [4.78, 5) is 12.7. The molecule has 0 aliphatic rings. The summed E-state index contributed by atoms with van der Waals surface area (Å²) in [5.41, 5.74) is 1.28. The average Bonchev–Trinajstić information content (AvgIpc) is 3.05. The summed E-state index contributed by atoms with van der Waals surface area (Å²) in [7, 11) is 0. The maximum atomic E-state index is 13.3. The largest absolute Gasteiger partial charge is 0.385 e. The van der Waals surface area contributed by atoms with Gasteiger partial charge in [-0.3, -0.25) is 4.79 Å². The van der Waals surface area contributed by atoms with Crippen LogP contribution in [0, 0.1) is 11.6 Å². The van der Waals surface area contributed by atoms with Gasteiger partial charge in [-0.2, -0.15) is 0 Å². The van der Waals surface area contributed by atoms with Gasteiger partial charge in [-0.1, -0.05) is 35.5 Å². The van der Waals surface area contributed by atoms with Crippen LogP contribution in [0.1, 0.15) is 34.7 Å². The third-order valence-electron chi connectivity index (χ3n) is 3.75. The average molecular weight is 358 g/mol. The van der Waals surface area contributed by atoms with Crippen LogP contribution < -0.4 is 5.32 Å². The minimum Gasteiger partial charge on any atom is -0.385 e. The summed E-state index contributed by atoms with van der Waals surface area (Å²) in [5, 5.41) is 16.3. The van der Waals surface area contributed by atoms with Gasteiger partial charge in [0.15, 0.2) is 5.76 Å². The van der Waals surface area contributed by atoms with Gasteiger partial charge in [-0.05, 0) is 24.6 Å². The fraction of sp³-hybridized carbons (Fsp3) is 0.158. The second-order valence-corrected chi connectivity index (χ2v) is 5.77. The van der Waals surface area contributed by atoms with Crippen LogP contribution in [-0.2, 0) is 6.54 Å². The molecule has 1 atom stereocenters. The molecule has 1 amide bonds. The van der Waals surface area contributed by atoms with Crippen molar-refractivity contribution in [2.24, 2.45) is 0 Å².